The van der Waals surface area contributed by atoms with Crippen molar-refractivity contribution in [1.82, 2.24) is 4.90 Å². The number of carbonyl (C=O) groups excluding carboxylic acids is 2. The highest BCUT2D eigenvalue weighted by Gasteiger charge is 2.40. The van der Waals surface area contributed by atoms with Gasteiger partial charge in [-0.1, -0.05) is 30.3 Å². The molecule has 0 bridgehead atoms. The maximum atomic E-state index is 12.0. The van der Waals surface area contributed by atoms with Crippen molar-refractivity contribution < 1.29 is 14.3 Å². The Morgan fingerprint density at radius 3 is 2.45 bits per heavy atom. The van der Waals surface area contributed by atoms with Gasteiger partial charge >= 0.3 is 5.97 Å². The monoisotopic (exact) mass is 275 g/mol. The van der Waals surface area contributed by atoms with Crippen molar-refractivity contribution in [3.05, 3.63) is 35.9 Å². The molecule has 20 heavy (non-hydrogen) atoms. The Morgan fingerprint density at radius 2 is 1.85 bits per heavy atom. The maximum Gasteiger partial charge on any atom is 0.311 e. The first-order valence-electron chi connectivity index (χ1n) is 7.05. The lowest BCUT2D eigenvalue weighted by Crippen LogP contribution is -2.28. The fourth-order valence-corrected chi connectivity index (χ4v) is 2.76. The van der Waals surface area contributed by atoms with Crippen LogP contribution in [0.2, 0.25) is 0 Å². The Kier molecular flexibility index (Phi) is 4.90. The minimum Gasteiger partial charge on any atom is -0.466 e. The molecule has 4 heteroatoms. The van der Waals surface area contributed by atoms with E-state index in [1.807, 2.05) is 18.2 Å². The Balaban J connectivity index is 2.04. The van der Waals surface area contributed by atoms with Crippen LogP contribution in [0.5, 0.6) is 0 Å². The topological polar surface area (TPSA) is 46.6 Å². The number of benzene rings is 1. The molecule has 0 radical (unpaired) electrons. The zero-order chi connectivity index (χ0) is 14.5. The summed E-state index contributed by atoms with van der Waals surface area (Å²) in [5.74, 6) is -0.740. The molecular weight excluding hydrogens is 254 g/mol. The average molecular weight is 275 g/mol. The van der Waals surface area contributed by atoms with E-state index < -0.39 is 0 Å². The molecule has 1 heterocycles. The summed E-state index contributed by atoms with van der Waals surface area (Å²) in [4.78, 5) is 25.8. The number of nitrogens with zero attached hydrogens (tertiary/aromatic N) is 1. The largest absolute Gasteiger partial charge is 0.466 e. The standard InChI is InChI=1S/C16H21NO3/c1-3-20-16(19)15-11-17(10-14(15)12(2)18)9-13-7-5-4-6-8-13/h4-8,14-15H,3,9-11H2,1-2H3/t14-,15+/m0/s1. The highest BCUT2D eigenvalue weighted by molar-refractivity contribution is 5.86. The van der Waals surface area contributed by atoms with Crippen molar-refractivity contribution in [3.63, 3.8) is 0 Å². The van der Waals surface area contributed by atoms with E-state index in [9.17, 15) is 9.59 Å². The second-order valence-corrected chi connectivity index (χ2v) is 5.26. The van der Waals surface area contributed by atoms with Gasteiger partial charge in [-0.25, -0.2) is 0 Å². The summed E-state index contributed by atoms with van der Waals surface area (Å²) in [5.41, 5.74) is 1.19. The summed E-state index contributed by atoms with van der Waals surface area (Å²) in [6, 6.07) is 10.1. The number of ether oxygens (including phenoxy) is 1. The lowest BCUT2D eigenvalue weighted by molar-refractivity contribution is -0.150. The van der Waals surface area contributed by atoms with Crippen molar-refractivity contribution in [2.45, 2.75) is 20.4 Å². The lowest BCUT2D eigenvalue weighted by Gasteiger charge is -2.15. The van der Waals surface area contributed by atoms with Gasteiger partial charge in [-0.05, 0) is 19.4 Å². The number of carbonyl (C=O) groups is 2. The van der Waals surface area contributed by atoms with E-state index in [1.54, 1.807) is 13.8 Å². The summed E-state index contributed by atoms with van der Waals surface area (Å²) in [7, 11) is 0. The van der Waals surface area contributed by atoms with Crippen molar-refractivity contribution in [2.24, 2.45) is 11.8 Å². The smallest absolute Gasteiger partial charge is 0.311 e. The van der Waals surface area contributed by atoms with Crippen molar-refractivity contribution in [2.75, 3.05) is 19.7 Å². The lowest BCUT2D eigenvalue weighted by atomic mass is 9.93. The Hall–Kier alpha value is -1.68. The molecule has 0 saturated carbocycles. The number of ketones is 1. The van der Waals surface area contributed by atoms with Crippen LogP contribution in [0.4, 0.5) is 0 Å². The van der Waals surface area contributed by atoms with Crippen LogP contribution in [-0.2, 0) is 20.9 Å². The summed E-state index contributed by atoms with van der Waals surface area (Å²) in [6.07, 6.45) is 0. The Labute approximate surface area is 119 Å². The molecule has 1 aromatic carbocycles. The average Bonchev–Trinajstić information content (AvgIpc) is 2.84. The first-order valence-corrected chi connectivity index (χ1v) is 7.05. The van der Waals surface area contributed by atoms with Gasteiger partial charge in [-0.3, -0.25) is 14.5 Å². The first-order chi connectivity index (χ1) is 9.61. The first kappa shape index (κ1) is 14.7. The number of hydrogen-bond acceptors (Lipinski definition) is 4. The normalized spacial score (nSPS) is 22.7. The van der Waals surface area contributed by atoms with Gasteiger partial charge < -0.3 is 4.74 Å². The van der Waals surface area contributed by atoms with E-state index in [2.05, 4.69) is 17.0 Å². The second-order valence-electron chi connectivity index (χ2n) is 5.26. The van der Waals surface area contributed by atoms with E-state index >= 15 is 0 Å². The summed E-state index contributed by atoms with van der Waals surface area (Å²) in [6.45, 7) is 5.70. The second kappa shape index (κ2) is 6.66. The summed E-state index contributed by atoms with van der Waals surface area (Å²) < 4.78 is 5.09. The molecule has 108 valence electrons. The van der Waals surface area contributed by atoms with Crippen LogP contribution in [0.25, 0.3) is 0 Å². The SMILES string of the molecule is CCOC(=O)[C@@H]1CN(Cc2ccccc2)C[C@H]1C(C)=O. The number of hydrogen-bond donors (Lipinski definition) is 0. The summed E-state index contributed by atoms with van der Waals surface area (Å²) >= 11 is 0. The van der Waals surface area contributed by atoms with Crippen molar-refractivity contribution >= 4 is 11.8 Å². The molecule has 1 saturated heterocycles. The molecule has 0 spiro atoms. The van der Waals surface area contributed by atoms with Crippen LogP contribution in [0.15, 0.2) is 30.3 Å². The van der Waals surface area contributed by atoms with Gasteiger partial charge in [0, 0.05) is 25.6 Å². The molecule has 1 fully saturated rings. The third-order valence-corrected chi connectivity index (χ3v) is 3.76. The Morgan fingerprint density at radius 1 is 1.20 bits per heavy atom. The molecule has 0 aromatic heterocycles. The van der Waals surface area contributed by atoms with E-state index in [0.717, 1.165) is 6.54 Å². The zero-order valence-electron chi connectivity index (χ0n) is 12.0. The van der Waals surface area contributed by atoms with Crippen molar-refractivity contribution in [1.29, 1.82) is 0 Å². The van der Waals surface area contributed by atoms with Crippen LogP contribution in [0.1, 0.15) is 19.4 Å². The van der Waals surface area contributed by atoms with Gasteiger partial charge in [-0.2, -0.15) is 0 Å². The summed E-state index contributed by atoms with van der Waals surface area (Å²) in [5, 5.41) is 0. The Bertz CT molecular complexity index is 472. The maximum absolute atomic E-state index is 12.0. The van der Waals surface area contributed by atoms with Crippen LogP contribution < -0.4 is 0 Å². The number of Topliss-reactive ketones (excluding diaryl/α,β-unsaturated/α-hetero) is 1. The molecule has 0 N–H and O–H groups in total. The van der Waals surface area contributed by atoms with Crippen LogP contribution >= 0.6 is 0 Å². The van der Waals surface area contributed by atoms with Crippen LogP contribution in [0.3, 0.4) is 0 Å². The van der Waals surface area contributed by atoms with E-state index in [1.165, 1.54) is 5.56 Å². The number of rotatable bonds is 5. The highest BCUT2D eigenvalue weighted by atomic mass is 16.5. The van der Waals surface area contributed by atoms with Gasteiger partial charge in [0.2, 0.25) is 0 Å². The van der Waals surface area contributed by atoms with Crippen LogP contribution in [-0.4, -0.2) is 36.3 Å². The van der Waals surface area contributed by atoms with E-state index in [4.69, 9.17) is 4.74 Å². The molecular formula is C16H21NO3. The van der Waals surface area contributed by atoms with Crippen molar-refractivity contribution in [3.8, 4) is 0 Å². The molecule has 1 aliphatic heterocycles. The van der Waals surface area contributed by atoms with E-state index in [0.29, 0.717) is 19.7 Å². The van der Waals surface area contributed by atoms with Gasteiger partial charge in [-0.15, -0.1) is 0 Å². The molecule has 1 aliphatic rings. The molecule has 0 aliphatic carbocycles. The predicted octanol–water partition coefficient (Wildman–Crippen LogP) is 1.89. The van der Waals surface area contributed by atoms with Crippen LogP contribution in [0, 0.1) is 11.8 Å². The minimum absolute atomic E-state index is 0.0682. The third-order valence-electron chi connectivity index (χ3n) is 3.76. The van der Waals surface area contributed by atoms with Gasteiger partial charge in [0.15, 0.2) is 0 Å². The third kappa shape index (κ3) is 3.45. The molecule has 4 nitrogen and oxygen atoms in total. The van der Waals surface area contributed by atoms with Gasteiger partial charge in [0.1, 0.15) is 5.78 Å². The minimum atomic E-state index is -0.323. The van der Waals surface area contributed by atoms with Gasteiger partial charge in [0.25, 0.3) is 0 Å². The molecule has 0 amide bonds. The van der Waals surface area contributed by atoms with E-state index in [-0.39, 0.29) is 23.6 Å². The fourth-order valence-electron chi connectivity index (χ4n) is 2.76. The molecule has 2 rings (SSSR count). The number of likely N-dealkylation sites (tertiary alicyclic amines) is 1. The fraction of sp³-hybridized carbons (Fsp3) is 0.500. The zero-order valence-corrected chi connectivity index (χ0v) is 12.0. The predicted molar refractivity (Wildman–Crippen MR) is 76.0 cm³/mol. The van der Waals surface area contributed by atoms with Gasteiger partial charge in [0.05, 0.1) is 12.5 Å². The molecule has 1 aromatic rings. The molecule has 2 atom stereocenters. The quantitative estimate of drug-likeness (QED) is 0.770. The number of esters is 1. The highest BCUT2D eigenvalue weighted by Crippen LogP contribution is 2.26. The molecule has 0 unspecified atom stereocenters.